The second kappa shape index (κ2) is 4.62. The molecule has 2 rings (SSSR count). The number of rotatable bonds is 4. The summed E-state index contributed by atoms with van der Waals surface area (Å²) in [6.07, 6.45) is 2.25. The van der Waals surface area contributed by atoms with Crippen molar-refractivity contribution in [1.82, 2.24) is 5.32 Å². The Hall–Kier alpha value is -1.09. The molecule has 1 aliphatic rings. The molecule has 0 saturated heterocycles. The van der Waals surface area contributed by atoms with Gasteiger partial charge in [-0.25, -0.2) is 4.39 Å². The van der Waals surface area contributed by atoms with Gasteiger partial charge in [0, 0.05) is 18.2 Å². The standard InChI is InChI=1S/C12H17FN2/c1-14-6-2-3-9-8-15-12-5-4-10(13)7-11(9)12/h4-5,7,9,14-15H,2-3,6,8H2,1H3. The molecule has 0 aliphatic carbocycles. The Morgan fingerprint density at radius 1 is 1.53 bits per heavy atom. The molecule has 0 amide bonds. The lowest BCUT2D eigenvalue weighted by atomic mass is 9.96. The summed E-state index contributed by atoms with van der Waals surface area (Å²) in [4.78, 5) is 0. The zero-order valence-electron chi connectivity index (χ0n) is 9.02. The van der Waals surface area contributed by atoms with Crippen LogP contribution in [0.1, 0.15) is 24.3 Å². The second-order valence-corrected chi connectivity index (χ2v) is 4.06. The third kappa shape index (κ3) is 2.29. The maximum absolute atomic E-state index is 13.1. The number of benzene rings is 1. The summed E-state index contributed by atoms with van der Waals surface area (Å²) >= 11 is 0. The summed E-state index contributed by atoms with van der Waals surface area (Å²) in [7, 11) is 1.96. The topological polar surface area (TPSA) is 24.1 Å². The molecule has 0 radical (unpaired) electrons. The summed E-state index contributed by atoms with van der Waals surface area (Å²) in [6, 6.07) is 5.02. The summed E-state index contributed by atoms with van der Waals surface area (Å²) in [6.45, 7) is 1.98. The molecule has 2 nitrogen and oxygen atoms in total. The van der Waals surface area contributed by atoms with Crippen LogP contribution < -0.4 is 10.6 Å². The first-order valence-electron chi connectivity index (χ1n) is 5.49. The molecule has 0 saturated carbocycles. The van der Waals surface area contributed by atoms with Gasteiger partial charge in [0.05, 0.1) is 0 Å². The summed E-state index contributed by atoms with van der Waals surface area (Å²) < 4.78 is 13.1. The summed E-state index contributed by atoms with van der Waals surface area (Å²) in [5, 5.41) is 6.45. The minimum Gasteiger partial charge on any atom is -0.384 e. The monoisotopic (exact) mass is 208 g/mol. The van der Waals surface area contributed by atoms with Crippen molar-refractivity contribution in [3.63, 3.8) is 0 Å². The zero-order valence-corrected chi connectivity index (χ0v) is 9.02. The first kappa shape index (κ1) is 10.4. The molecule has 0 bridgehead atoms. The highest BCUT2D eigenvalue weighted by atomic mass is 19.1. The Labute approximate surface area is 89.9 Å². The maximum atomic E-state index is 13.1. The molecule has 2 N–H and O–H groups in total. The number of halogens is 1. The van der Waals surface area contributed by atoms with Gasteiger partial charge in [-0.05, 0) is 50.2 Å². The first-order chi connectivity index (χ1) is 7.31. The fourth-order valence-electron chi connectivity index (χ4n) is 2.16. The van der Waals surface area contributed by atoms with E-state index in [-0.39, 0.29) is 5.82 Å². The van der Waals surface area contributed by atoms with E-state index in [1.165, 1.54) is 6.07 Å². The van der Waals surface area contributed by atoms with Gasteiger partial charge < -0.3 is 10.6 Å². The van der Waals surface area contributed by atoms with Crippen molar-refractivity contribution in [2.45, 2.75) is 18.8 Å². The van der Waals surface area contributed by atoms with Crippen molar-refractivity contribution in [3.8, 4) is 0 Å². The first-order valence-corrected chi connectivity index (χ1v) is 5.49. The smallest absolute Gasteiger partial charge is 0.123 e. The van der Waals surface area contributed by atoms with Crippen LogP contribution in [0.4, 0.5) is 10.1 Å². The molecule has 15 heavy (non-hydrogen) atoms. The number of fused-ring (bicyclic) bond motifs is 1. The highest BCUT2D eigenvalue weighted by Gasteiger charge is 2.21. The zero-order chi connectivity index (χ0) is 10.7. The number of nitrogens with one attached hydrogen (secondary N) is 2. The lowest BCUT2D eigenvalue weighted by Crippen LogP contribution is -2.10. The van der Waals surface area contributed by atoms with Crippen molar-refractivity contribution in [2.24, 2.45) is 0 Å². The molecule has 1 aromatic rings. The predicted molar refractivity (Wildman–Crippen MR) is 60.8 cm³/mol. The Bertz CT molecular complexity index is 338. The fraction of sp³-hybridized carbons (Fsp3) is 0.500. The van der Waals surface area contributed by atoms with Crippen LogP contribution in [0.25, 0.3) is 0 Å². The van der Waals surface area contributed by atoms with Crippen LogP contribution in [0.15, 0.2) is 18.2 Å². The van der Waals surface area contributed by atoms with E-state index in [4.69, 9.17) is 0 Å². The van der Waals surface area contributed by atoms with Crippen molar-refractivity contribution in [3.05, 3.63) is 29.6 Å². The Morgan fingerprint density at radius 2 is 2.40 bits per heavy atom. The average molecular weight is 208 g/mol. The maximum Gasteiger partial charge on any atom is 0.123 e. The van der Waals surface area contributed by atoms with E-state index in [0.29, 0.717) is 5.92 Å². The van der Waals surface area contributed by atoms with Gasteiger partial charge >= 0.3 is 0 Å². The largest absolute Gasteiger partial charge is 0.384 e. The molecule has 3 heteroatoms. The molecular weight excluding hydrogens is 191 g/mol. The normalized spacial score (nSPS) is 18.7. The summed E-state index contributed by atoms with van der Waals surface area (Å²) in [5.74, 6) is 0.347. The van der Waals surface area contributed by atoms with E-state index < -0.39 is 0 Å². The SMILES string of the molecule is CNCCCC1CNc2ccc(F)cc21. The summed E-state index contributed by atoms with van der Waals surface area (Å²) in [5.41, 5.74) is 2.25. The minimum absolute atomic E-state index is 0.129. The van der Waals surface area contributed by atoms with Crippen molar-refractivity contribution in [1.29, 1.82) is 0 Å². The lowest BCUT2D eigenvalue weighted by molar-refractivity contribution is 0.595. The van der Waals surface area contributed by atoms with Gasteiger partial charge in [0.2, 0.25) is 0 Å². The Kier molecular flexibility index (Phi) is 3.21. The number of anilines is 1. The van der Waals surface area contributed by atoms with Crippen LogP contribution in [0.2, 0.25) is 0 Å². The Morgan fingerprint density at radius 3 is 3.20 bits per heavy atom. The van der Waals surface area contributed by atoms with Crippen LogP contribution in [-0.2, 0) is 0 Å². The lowest BCUT2D eigenvalue weighted by Gasteiger charge is -2.09. The molecule has 1 aliphatic heterocycles. The minimum atomic E-state index is -0.129. The van der Waals surface area contributed by atoms with E-state index in [0.717, 1.165) is 37.2 Å². The molecule has 0 spiro atoms. The van der Waals surface area contributed by atoms with E-state index in [9.17, 15) is 4.39 Å². The van der Waals surface area contributed by atoms with Gasteiger partial charge in [-0.15, -0.1) is 0 Å². The van der Waals surface area contributed by atoms with Crippen LogP contribution in [0.5, 0.6) is 0 Å². The van der Waals surface area contributed by atoms with Crippen molar-refractivity contribution >= 4 is 5.69 Å². The molecule has 0 aromatic heterocycles. The van der Waals surface area contributed by atoms with E-state index in [1.807, 2.05) is 13.1 Å². The van der Waals surface area contributed by atoms with Gasteiger partial charge in [0.25, 0.3) is 0 Å². The van der Waals surface area contributed by atoms with E-state index in [2.05, 4.69) is 10.6 Å². The molecule has 1 heterocycles. The van der Waals surface area contributed by atoms with Crippen LogP contribution >= 0.6 is 0 Å². The van der Waals surface area contributed by atoms with Gasteiger partial charge in [-0.2, -0.15) is 0 Å². The Balaban J connectivity index is 2.03. The number of hydrogen-bond donors (Lipinski definition) is 2. The predicted octanol–water partition coefficient (Wildman–Crippen LogP) is 2.33. The van der Waals surface area contributed by atoms with E-state index >= 15 is 0 Å². The van der Waals surface area contributed by atoms with Crippen molar-refractivity contribution < 1.29 is 4.39 Å². The molecule has 0 fully saturated rings. The molecule has 1 unspecified atom stereocenters. The molecule has 1 atom stereocenters. The van der Waals surface area contributed by atoms with Crippen LogP contribution in [0.3, 0.4) is 0 Å². The van der Waals surface area contributed by atoms with Gasteiger partial charge in [0.1, 0.15) is 5.82 Å². The van der Waals surface area contributed by atoms with Gasteiger partial charge in [-0.3, -0.25) is 0 Å². The fourth-order valence-corrected chi connectivity index (χ4v) is 2.16. The average Bonchev–Trinajstić information content (AvgIpc) is 2.62. The van der Waals surface area contributed by atoms with E-state index in [1.54, 1.807) is 6.07 Å². The highest BCUT2D eigenvalue weighted by Crippen LogP contribution is 2.34. The van der Waals surface area contributed by atoms with Crippen molar-refractivity contribution in [2.75, 3.05) is 25.5 Å². The third-order valence-corrected chi connectivity index (χ3v) is 2.97. The quantitative estimate of drug-likeness (QED) is 0.742. The second-order valence-electron chi connectivity index (χ2n) is 4.06. The van der Waals surface area contributed by atoms with Crippen LogP contribution in [0, 0.1) is 5.82 Å². The van der Waals surface area contributed by atoms with Crippen LogP contribution in [-0.4, -0.2) is 20.1 Å². The highest BCUT2D eigenvalue weighted by molar-refractivity contribution is 5.57. The molecule has 1 aromatic carbocycles. The number of hydrogen-bond acceptors (Lipinski definition) is 2. The van der Waals surface area contributed by atoms with Gasteiger partial charge in [0.15, 0.2) is 0 Å². The molecular formula is C12H17FN2. The van der Waals surface area contributed by atoms with Gasteiger partial charge in [-0.1, -0.05) is 0 Å². The third-order valence-electron chi connectivity index (χ3n) is 2.97. The molecule has 82 valence electrons.